The quantitative estimate of drug-likeness (QED) is 0.607. The second-order valence-electron chi connectivity index (χ2n) is 6.09. The molecule has 0 bridgehead atoms. The molecule has 0 aliphatic carbocycles. The summed E-state index contributed by atoms with van der Waals surface area (Å²) < 4.78 is 7.57. The molecule has 0 saturated carbocycles. The lowest BCUT2D eigenvalue weighted by Gasteiger charge is -2.15. The van der Waals surface area contributed by atoms with E-state index in [9.17, 15) is 0 Å². The van der Waals surface area contributed by atoms with E-state index in [0.717, 1.165) is 18.3 Å². The molecule has 6 heteroatoms. The second kappa shape index (κ2) is 6.65. The van der Waals surface area contributed by atoms with Crippen LogP contribution < -0.4 is 0 Å². The number of rotatable bonds is 6. The number of imidazole rings is 1. The molecule has 0 N–H and O–H groups in total. The average Bonchev–Trinajstić information content (AvgIpc) is 2.87. The molecule has 0 saturated heterocycles. The van der Waals surface area contributed by atoms with Crippen molar-refractivity contribution in [1.82, 2.24) is 14.5 Å². The maximum Gasteiger partial charge on any atom is 0.162 e. The van der Waals surface area contributed by atoms with Crippen LogP contribution in [0.5, 0.6) is 0 Å². The van der Waals surface area contributed by atoms with Crippen molar-refractivity contribution >= 4 is 8.07 Å². The van der Waals surface area contributed by atoms with Crippen molar-refractivity contribution in [3.63, 3.8) is 0 Å². The van der Waals surface area contributed by atoms with Gasteiger partial charge in [-0.2, -0.15) is 5.26 Å². The summed E-state index contributed by atoms with van der Waals surface area (Å²) in [5, 5.41) is 9.02. The Bertz CT molecular complexity index is 625. The van der Waals surface area contributed by atoms with Gasteiger partial charge in [0.1, 0.15) is 18.5 Å². The fraction of sp³-hybridized carbons (Fsp3) is 0.400. The number of pyridine rings is 1. The molecule has 2 heterocycles. The van der Waals surface area contributed by atoms with E-state index in [1.165, 1.54) is 0 Å². The van der Waals surface area contributed by atoms with Crippen LogP contribution in [0.25, 0.3) is 11.5 Å². The summed E-state index contributed by atoms with van der Waals surface area (Å²) in [6.07, 6.45) is 3.42. The molecule has 2 rings (SSSR count). The normalized spacial score (nSPS) is 11.3. The van der Waals surface area contributed by atoms with E-state index < -0.39 is 8.07 Å². The minimum absolute atomic E-state index is 0.379. The fourth-order valence-corrected chi connectivity index (χ4v) is 2.57. The Hall–Kier alpha value is -1.97. The highest BCUT2D eigenvalue weighted by molar-refractivity contribution is 6.76. The van der Waals surface area contributed by atoms with Crippen LogP contribution in [0.3, 0.4) is 0 Å². The smallest absolute Gasteiger partial charge is 0.162 e. The first-order chi connectivity index (χ1) is 9.99. The molecule has 2 aromatic rings. The lowest BCUT2D eigenvalue weighted by atomic mass is 10.3. The van der Waals surface area contributed by atoms with Gasteiger partial charge in [0.05, 0.1) is 0 Å². The van der Waals surface area contributed by atoms with Gasteiger partial charge in [-0.1, -0.05) is 25.7 Å². The Morgan fingerprint density at radius 1 is 1.33 bits per heavy atom. The third kappa shape index (κ3) is 4.51. The van der Waals surface area contributed by atoms with Crippen LogP contribution in [0.15, 0.2) is 30.6 Å². The van der Waals surface area contributed by atoms with E-state index >= 15 is 0 Å². The Labute approximate surface area is 126 Å². The molecular formula is C15H20N4OSi. The molecular weight excluding hydrogens is 280 g/mol. The molecule has 0 spiro atoms. The molecule has 0 fully saturated rings. The largest absolute Gasteiger partial charge is 0.361 e. The number of hydrogen-bond donors (Lipinski definition) is 0. The van der Waals surface area contributed by atoms with E-state index in [1.54, 1.807) is 12.4 Å². The summed E-state index contributed by atoms with van der Waals surface area (Å²) in [5.74, 6) is 0.667. The molecule has 21 heavy (non-hydrogen) atoms. The average molecular weight is 300 g/mol. The molecule has 0 radical (unpaired) electrons. The van der Waals surface area contributed by atoms with Crippen molar-refractivity contribution in [3.05, 3.63) is 36.3 Å². The van der Waals surface area contributed by atoms with E-state index in [2.05, 4.69) is 35.7 Å². The molecule has 0 amide bonds. The first-order valence-electron chi connectivity index (χ1n) is 6.96. The van der Waals surface area contributed by atoms with Gasteiger partial charge in [0.2, 0.25) is 0 Å². The van der Waals surface area contributed by atoms with Gasteiger partial charge in [-0.25, -0.2) is 4.98 Å². The van der Waals surface area contributed by atoms with Crippen LogP contribution in [0, 0.1) is 11.3 Å². The topological polar surface area (TPSA) is 63.7 Å². The highest BCUT2D eigenvalue weighted by atomic mass is 28.3. The van der Waals surface area contributed by atoms with Gasteiger partial charge in [-0.05, 0) is 18.2 Å². The minimum atomic E-state index is -1.09. The lowest BCUT2D eigenvalue weighted by Crippen LogP contribution is -2.22. The molecule has 0 atom stereocenters. The van der Waals surface area contributed by atoms with Crippen LogP contribution in [0.2, 0.25) is 25.7 Å². The van der Waals surface area contributed by atoms with Crippen molar-refractivity contribution in [1.29, 1.82) is 5.26 Å². The monoisotopic (exact) mass is 300 g/mol. The van der Waals surface area contributed by atoms with Gasteiger partial charge in [0.25, 0.3) is 0 Å². The molecule has 0 aromatic carbocycles. The van der Waals surface area contributed by atoms with Gasteiger partial charge in [-0.3, -0.25) is 4.98 Å². The van der Waals surface area contributed by atoms with E-state index in [4.69, 9.17) is 10.00 Å². The van der Waals surface area contributed by atoms with Gasteiger partial charge in [-0.15, -0.1) is 0 Å². The molecule has 110 valence electrons. The Morgan fingerprint density at radius 2 is 2.14 bits per heavy atom. The lowest BCUT2D eigenvalue weighted by molar-refractivity contribution is 0.0882. The number of nitriles is 1. The standard InChI is InChI=1S/C15H20N4OSi/c1-21(2,3)9-8-20-12-19-11-13(10-16)18-15(19)14-6-4-5-7-17-14/h4-7,11H,8-9,12H2,1-3H3. The molecule has 0 unspecified atom stereocenters. The fourth-order valence-electron chi connectivity index (χ4n) is 1.81. The summed E-state index contributed by atoms with van der Waals surface area (Å²) in [6, 6.07) is 8.81. The molecule has 2 aromatic heterocycles. The number of nitrogens with zero attached hydrogens (tertiary/aromatic N) is 4. The van der Waals surface area contributed by atoms with Gasteiger partial charge < -0.3 is 9.30 Å². The third-order valence-corrected chi connectivity index (χ3v) is 4.72. The summed E-state index contributed by atoms with van der Waals surface area (Å²) in [5.41, 5.74) is 1.12. The summed E-state index contributed by atoms with van der Waals surface area (Å²) in [7, 11) is -1.09. The van der Waals surface area contributed by atoms with Crippen molar-refractivity contribution in [2.24, 2.45) is 0 Å². The number of ether oxygens (including phenoxy) is 1. The van der Waals surface area contributed by atoms with Crippen LogP contribution in [0.1, 0.15) is 5.69 Å². The van der Waals surface area contributed by atoms with Crippen molar-refractivity contribution in [2.45, 2.75) is 32.4 Å². The van der Waals surface area contributed by atoms with E-state index in [0.29, 0.717) is 18.2 Å². The van der Waals surface area contributed by atoms with Crippen LogP contribution in [-0.2, 0) is 11.5 Å². The zero-order valence-electron chi connectivity index (χ0n) is 12.7. The molecule has 5 nitrogen and oxygen atoms in total. The zero-order valence-corrected chi connectivity index (χ0v) is 13.7. The summed E-state index contributed by atoms with van der Waals surface area (Å²) in [4.78, 5) is 8.58. The highest BCUT2D eigenvalue weighted by Gasteiger charge is 2.14. The molecule has 0 aliphatic heterocycles. The SMILES string of the molecule is C[Si](C)(C)CCOCn1cc(C#N)nc1-c1ccccn1. The van der Waals surface area contributed by atoms with Crippen LogP contribution >= 0.6 is 0 Å². The predicted molar refractivity (Wildman–Crippen MR) is 84.3 cm³/mol. The Balaban J connectivity index is 2.09. The third-order valence-electron chi connectivity index (χ3n) is 3.01. The maximum atomic E-state index is 9.02. The van der Waals surface area contributed by atoms with E-state index in [-0.39, 0.29) is 0 Å². The van der Waals surface area contributed by atoms with E-state index in [1.807, 2.05) is 22.8 Å². The minimum Gasteiger partial charge on any atom is -0.361 e. The van der Waals surface area contributed by atoms with Crippen molar-refractivity contribution in [3.8, 4) is 17.6 Å². The van der Waals surface area contributed by atoms with Crippen molar-refractivity contribution in [2.75, 3.05) is 6.61 Å². The number of hydrogen-bond acceptors (Lipinski definition) is 4. The van der Waals surface area contributed by atoms with Gasteiger partial charge in [0.15, 0.2) is 11.5 Å². The Morgan fingerprint density at radius 3 is 2.76 bits per heavy atom. The highest BCUT2D eigenvalue weighted by Crippen LogP contribution is 2.16. The van der Waals surface area contributed by atoms with Crippen molar-refractivity contribution < 1.29 is 4.74 Å². The maximum absolute atomic E-state index is 9.02. The van der Waals surface area contributed by atoms with Crippen LogP contribution in [0.4, 0.5) is 0 Å². The van der Waals surface area contributed by atoms with Gasteiger partial charge in [0, 0.05) is 27.1 Å². The molecule has 0 aliphatic rings. The van der Waals surface area contributed by atoms with Crippen LogP contribution in [-0.4, -0.2) is 29.2 Å². The first-order valence-corrected chi connectivity index (χ1v) is 10.7. The predicted octanol–water partition coefficient (Wildman–Crippen LogP) is 3.13. The summed E-state index contributed by atoms with van der Waals surface area (Å²) in [6.45, 7) is 8.09. The number of aromatic nitrogens is 3. The first kappa shape index (κ1) is 15.4. The Kier molecular flexibility index (Phi) is 4.88. The summed E-state index contributed by atoms with van der Waals surface area (Å²) >= 11 is 0. The van der Waals surface area contributed by atoms with Gasteiger partial charge >= 0.3 is 0 Å². The zero-order chi connectivity index (χ0) is 15.3. The second-order valence-corrected chi connectivity index (χ2v) is 11.7.